The number of hydrogen-bond donors (Lipinski definition) is 2. The van der Waals surface area contributed by atoms with Crippen LogP contribution in [0.3, 0.4) is 0 Å². The lowest BCUT2D eigenvalue weighted by molar-refractivity contribution is 0.679. The number of nitrogen functional groups attached to an aromatic ring is 1. The Morgan fingerprint density at radius 3 is 3.00 bits per heavy atom. The Kier molecular flexibility index (Phi) is 4.28. The Hall–Kier alpha value is -0.880. The molecule has 0 fully saturated rings. The van der Waals surface area contributed by atoms with Gasteiger partial charge in [-0.3, -0.25) is 4.21 Å². The van der Waals surface area contributed by atoms with E-state index in [-0.39, 0.29) is 10.5 Å². The molecule has 0 spiro atoms. The van der Waals surface area contributed by atoms with Crippen molar-refractivity contribution in [3.05, 3.63) is 11.5 Å². The van der Waals surface area contributed by atoms with Gasteiger partial charge in [-0.1, -0.05) is 0 Å². The monoisotopic (exact) mass is 248 g/mol. The molecule has 2 unspecified atom stereocenters. The van der Waals surface area contributed by atoms with Crippen molar-refractivity contribution in [3.8, 4) is 0 Å². The molecule has 1 rings (SSSR count). The van der Waals surface area contributed by atoms with E-state index in [0.717, 1.165) is 0 Å². The largest absolute Gasteiger partial charge is 0.394 e. The van der Waals surface area contributed by atoms with Crippen LogP contribution < -0.4 is 11.1 Å². The number of nitrogens with zero attached hydrogens (tertiary/aromatic N) is 2. The molecule has 0 aliphatic rings. The van der Waals surface area contributed by atoms with Gasteiger partial charge in [-0.15, -0.1) is 0 Å². The van der Waals surface area contributed by atoms with E-state index in [0.29, 0.717) is 18.1 Å². The van der Waals surface area contributed by atoms with Gasteiger partial charge in [0.1, 0.15) is 0 Å². The molecule has 0 radical (unpaired) electrons. The maximum atomic E-state index is 11.1. The highest BCUT2D eigenvalue weighted by Crippen LogP contribution is 2.15. The zero-order chi connectivity index (χ0) is 11.4. The molecule has 0 aliphatic heterocycles. The maximum absolute atomic E-state index is 11.1. The van der Waals surface area contributed by atoms with Crippen LogP contribution in [0.1, 0.15) is 6.92 Å². The topological polar surface area (TPSA) is 80.9 Å². The second kappa shape index (κ2) is 5.27. The fraction of sp³-hybridized carbons (Fsp3) is 0.500. The Labute approximate surface area is 95.9 Å². The predicted octanol–water partition coefficient (Wildman–Crippen LogP) is 0.891. The summed E-state index contributed by atoms with van der Waals surface area (Å²) in [4.78, 5) is 7.65. The summed E-state index contributed by atoms with van der Waals surface area (Å²) >= 11 is 5.62. The van der Waals surface area contributed by atoms with E-state index in [9.17, 15) is 4.21 Å². The predicted molar refractivity (Wildman–Crippen MR) is 63.5 cm³/mol. The van der Waals surface area contributed by atoms with Gasteiger partial charge in [0.15, 0.2) is 5.82 Å². The second-order valence-electron chi connectivity index (χ2n) is 3.13. The third-order valence-electron chi connectivity index (χ3n) is 1.91. The second-order valence-corrected chi connectivity index (χ2v) is 5.27. The highest BCUT2D eigenvalue weighted by atomic mass is 35.5. The normalized spacial score (nSPS) is 14.6. The van der Waals surface area contributed by atoms with Crippen LogP contribution in [0, 0.1) is 0 Å². The van der Waals surface area contributed by atoms with Gasteiger partial charge < -0.3 is 11.1 Å². The smallest absolute Gasteiger partial charge is 0.224 e. The van der Waals surface area contributed by atoms with E-state index < -0.39 is 10.8 Å². The van der Waals surface area contributed by atoms with Crippen molar-refractivity contribution in [3.63, 3.8) is 0 Å². The molecule has 1 aromatic rings. The van der Waals surface area contributed by atoms with Crippen molar-refractivity contribution in [2.24, 2.45) is 0 Å². The van der Waals surface area contributed by atoms with E-state index in [1.807, 2.05) is 6.92 Å². The number of hydrogen-bond acceptors (Lipinski definition) is 5. The van der Waals surface area contributed by atoms with Gasteiger partial charge in [-0.05, 0) is 18.5 Å². The molecule has 2 atom stereocenters. The summed E-state index contributed by atoms with van der Waals surface area (Å²) in [6.07, 6.45) is 3.09. The SMILES string of the molecule is CC(CNc1nc(Cl)ncc1N)S(C)=O. The van der Waals surface area contributed by atoms with Crippen molar-refractivity contribution in [1.82, 2.24) is 9.97 Å². The van der Waals surface area contributed by atoms with Crippen LogP contribution in [0.15, 0.2) is 6.20 Å². The zero-order valence-corrected chi connectivity index (χ0v) is 10.1. The van der Waals surface area contributed by atoms with Crippen LogP contribution in [-0.2, 0) is 10.8 Å². The fourth-order valence-corrected chi connectivity index (χ4v) is 1.32. The van der Waals surface area contributed by atoms with Crippen molar-refractivity contribution in [2.75, 3.05) is 23.9 Å². The molecule has 0 saturated carbocycles. The first-order valence-electron chi connectivity index (χ1n) is 4.35. The summed E-state index contributed by atoms with van der Waals surface area (Å²) in [5.74, 6) is 0.479. The average Bonchev–Trinajstić information content (AvgIpc) is 2.18. The summed E-state index contributed by atoms with van der Waals surface area (Å²) in [6, 6.07) is 0. The highest BCUT2D eigenvalue weighted by Gasteiger charge is 2.08. The molecule has 0 saturated heterocycles. The average molecular weight is 249 g/mol. The van der Waals surface area contributed by atoms with Crippen molar-refractivity contribution >= 4 is 33.9 Å². The molecule has 1 aromatic heterocycles. The van der Waals surface area contributed by atoms with Gasteiger partial charge >= 0.3 is 0 Å². The first-order valence-corrected chi connectivity index (χ1v) is 6.34. The maximum Gasteiger partial charge on any atom is 0.224 e. The number of rotatable bonds is 4. The van der Waals surface area contributed by atoms with Gasteiger partial charge in [-0.25, -0.2) is 4.98 Å². The van der Waals surface area contributed by atoms with Crippen LogP contribution in [0.25, 0.3) is 0 Å². The summed E-state index contributed by atoms with van der Waals surface area (Å²) in [5, 5.41) is 3.14. The Morgan fingerprint density at radius 1 is 1.73 bits per heavy atom. The van der Waals surface area contributed by atoms with Gasteiger partial charge in [0.25, 0.3) is 0 Å². The molecule has 1 heterocycles. The standard InChI is InChI=1S/C8H13ClN4OS/c1-5(15(2)14)3-11-7-6(10)4-12-8(9)13-7/h4-5H,3,10H2,1-2H3,(H,11,12,13). The Bertz CT molecular complexity index is 374. The molecule has 84 valence electrons. The van der Waals surface area contributed by atoms with Gasteiger partial charge in [0.2, 0.25) is 5.28 Å². The first-order chi connectivity index (χ1) is 7.00. The third kappa shape index (κ3) is 3.64. The zero-order valence-electron chi connectivity index (χ0n) is 8.53. The molecule has 0 aromatic carbocycles. The molecular weight excluding hydrogens is 236 g/mol. The summed E-state index contributed by atoms with van der Waals surface area (Å²) < 4.78 is 11.1. The molecule has 0 amide bonds. The van der Waals surface area contributed by atoms with E-state index in [1.54, 1.807) is 6.26 Å². The van der Waals surface area contributed by atoms with Gasteiger partial charge in [0.05, 0.1) is 11.9 Å². The van der Waals surface area contributed by atoms with Crippen molar-refractivity contribution in [2.45, 2.75) is 12.2 Å². The highest BCUT2D eigenvalue weighted by molar-refractivity contribution is 7.84. The van der Waals surface area contributed by atoms with E-state index in [1.165, 1.54) is 6.20 Å². The molecule has 0 aliphatic carbocycles. The summed E-state index contributed by atoms with van der Waals surface area (Å²) in [5.41, 5.74) is 6.05. The number of nitrogens with one attached hydrogen (secondary N) is 1. The van der Waals surface area contributed by atoms with Gasteiger partial charge in [0, 0.05) is 28.9 Å². The quantitative estimate of drug-likeness (QED) is 0.774. The number of nitrogens with two attached hydrogens (primary N) is 1. The van der Waals surface area contributed by atoms with Crippen LogP contribution in [0.4, 0.5) is 11.5 Å². The Balaban J connectivity index is 2.65. The minimum absolute atomic E-state index is 0.0261. The van der Waals surface area contributed by atoms with Crippen molar-refractivity contribution in [1.29, 1.82) is 0 Å². The van der Waals surface area contributed by atoms with Crippen LogP contribution in [-0.4, -0.2) is 32.2 Å². The lowest BCUT2D eigenvalue weighted by atomic mass is 10.4. The van der Waals surface area contributed by atoms with Crippen LogP contribution in [0.2, 0.25) is 5.28 Å². The van der Waals surface area contributed by atoms with Crippen molar-refractivity contribution < 1.29 is 4.21 Å². The summed E-state index contributed by atoms with van der Waals surface area (Å²) in [7, 11) is -0.876. The van der Waals surface area contributed by atoms with Gasteiger partial charge in [-0.2, -0.15) is 4.98 Å². The van der Waals surface area contributed by atoms with E-state index >= 15 is 0 Å². The third-order valence-corrected chi connectivity index (χ3v) is 3.39. The van der Waals surface area contributed by atoms with E-state index in [4.69, 9.17) is 17.3 Å². The first kappa shape index (κ1) is 12.2. The van der Waals surface area contributed by atoms with E-state index in [2.05, 4.69) is 15.3 Å². The number of anilines is 2. The lowest BCUT2D eigenvalue weighted by Gasteiger charge is -2.11. The molecule has 3 N–H and O–H groups in total. The molecule has 7 heteroatoms. The molecule has 0 bridgehead atoms. The minimum atomic E-state index is -0.876. The Morgan fingerprint density at radius 2 is 2.40 bits per heavy atom. The molecule has 5 nitrogen and oxygen atoms in total. The summed E-state index contributed by atoms with van der Waals surface area (Å²) in [6.45, 7) is 2.41. The fourth-order valence-electron chi connectivity index (χ4n) is 0.869. The minimum Gasteiger partial charge on any atom is -0.394 e. The molecule has 15 heavy (non-hydrogen) atoms. The lowest BCUT2D eigenvalue weighted by Crippen LogP contribution is -2.21. The molecular formula is C8H13ClN4OS. The number of halogens is 1. The van der Waals surface area contributed by atoms with Crippen LogP contribution in [0.5, 0.6) is 0 Å². The van der Waals surface area contributed by atoms with Crippen LogP contribution >= 0.6 is 11.6 Å². The number of aromatic nitrogens is 2.